The van der Waals surface area contributed by atoms with Crippen molar-refractivity contribution in [3.05, 3.63) is 35.9 Å². The highest BCUT2D eigenvalue weighted by Gasteiger charge is 2.26. The molecule has 2 rings (SSSR count). The molecule has 0 unspecified atom stereocenters. The molecule has 0 amide bonds. The van der Waals surface area contributed by atoms with Crippen LogP contribution in [0.5, 0.6) is 0 Å². The number of carbonyl (C=O) groups is 1. The lowest BCUT2D eigenvalue weighted by Crippen LogP contribution is -2.34. The molecular formula is C15H24N2O2. The molecule has 1 aliphatic carbocycles. The van der Waals surface area contributed by atoms with E-state index >= 15 is 0 Å². The van der Waals surface area contributed by atoms with Gasteiger partial charge in [-0.05, 0) is 31.2 Å². The van der Waals surface area contributed by atoms with Crippen molar-refractivity contribution in [3.63, 3.8) is 0 Å². The lowest BCUT2D eigenvalue weighted by Gasteiger charge is -2.27. The van der Waals surface area contributed by atoms with E-state index in [0.29, 0.717) is 6.04 Å². The van der Waals surface area contributed by atoms with Crippen molar-refractivity contribution in [2.24, 2.45) is 5.92 Å². The molecule has 1 aromatic carbocycles. The molecule has 0 atom stereocenters. The lowest BCUT2D eigenvalue weighted by molar-refractivity contribution is -0.146. The fourth-order valence-corrected chi connectivity index (χ4v) is 2.56. The number of hydrogen-bond acceptors (Lipinski definition) is 4. The maximum absolute atomic E-state index is 11.4. The van der Waals surface area contributed by atoms with Gasteiger partial charge in [-0.2, -0.15) is 0 Å². The van der Waals surface area contributed by atoms with E-state index in [9.17, 15) is 4.79 Å². The molecule has 1 saturated carbocycles. The first kappa shape index (κ1) is 15.7. The summed E-state index contributed by atoms with van der Waals surface area (Å²) in [4.78, 5) is 11.4. The molecule has 4 nitrogen and oxygen atoms in total. The average Bonchev–Trinajstić information content (AvgIpc) is 2.46. The maximum Gasteiger partial charge on any atom is 0.308 e. The minimum atomic E-state index is -0.0449. The molecule has 1 aromatic rings. The standard InChI is InChI=1S/C15H21NO2.H3N/c1-18-15(17)13-7-9-14(10-8-13)16-11-12-5-3-2-4-6-12;/h2-6,13-14,16H,7-11H2,1H3;1H3. The first-order chi connectivity index (χ1) is 8.79. The van der Waals surface area contributed by atoms with Crippen LogP contribution in [0.4, 0.5) is 0 Å². The molecule has 19 heavy (non-hydrogen) atoms. The molecule has 0 aromatic heterocycles. The van der Waals surface area contributed by atoms with Crippen LogP contribution in [0, 0.1) is 5.92 Å². The van der Waals surface area contributed by atoms with Gasteiger partial charge in [0.1, 0.15) is 0 Å². The van der Waals surface area contributed by atoms with Gasteiger partial charge in [0, 0.05) is 12.6 Å². The van der Waals surface area contributed by atoms with E-state index in [2.05, 4.69) is 29.6 Å². The molecule has 0 spiro atoms. The second-order valence-electron chi connectivity index (χ2n) is 4.94. The van der Waals surface area contributed by atoms with Crippen LogP contribution in [0.3, 0.4) is 0 Å². The Balaban J connectivity index is 0.00000180. The van der Waals surface area contributed by atoms with Crippen LogP contribution in [0.2, 0.25) is 0 Å². The Morgan fingerprint density at radius 2 is 1.84 bits per heavy atom. The Kier molecular flexibility index (Phi) is 6.53. The van der Waals surface area contributed by atoms with Gasteiger partial charge >= 0.3 is 5.97 Å². The second-order valence-corrected chi connectivity index (χ2v) is 4.94. The van der Waals surface area contributed by atoms with Crippen LogP contribution in [-0.2, 0) is 16.1 Å². The number of nitrogens with one attached hydrogen (secondary N) is 1. The number of esters is 1. The normalized spacial score (nSPS) is 22.4. The molecule has 0 radical (unpaired) electrons. The molecule has 1 aliphatic rings. The summed E-state index contributed by atoms with van der Waals surface area (Å²) in [5.41, 5.74) is 1.31. The Labute approximate surface area is 115 Å². The van der Waals surface area contributed by atoms with Crippen LogP contribution >= 0.6 is 0 Å². The number of hydrogen-bond donors (Lipinski definition) is 2. The first-order valence-electron chi connectivity index (χ1n) is 6.64. The Morgan fingerprint density at radius 3 is 2.42 bits per heavy atom. The van der Waals surface area contributed by atoms with Crippen LogP contribution in [0.1, 0.15) is 31.2 Å². The van der Waals surface area contributed by atoms with E-state index in [4.69, 9.17) is 4.74 Å². The van der Waals surface area contributed by atoms with E-state index < -0.39 is 0 Å². The molecule has 4 heteroatoms. The van der Waals surface area contributed by atoms with Crippen molar-refractivity contribution in [3.8, 4) is 0 Å². The Hall–Kier alpha value is -1.39. The third-order valence-corrected chi connectivity index (χ3v) is 3.70. The van der Waals surface area contributed by atoms with Gasteiger partial charge in [0.15, 0.2) is 0 Å². The number of rotatable bonds is 4. The minimum absolute atomic E-state index is 0. The Morgan fingerprint density at radius 1 is 1.21 bits per heavy atom. The number of ether oxygens (including phenoxy) is 1. The summed E-state index contributed by atoms with van der Waals surface area (Å²) in [5.74, 6) is 0.0706. The fraction of sp³-hybridized carbons (Fsp3) is 0.533. The topological polar surface area (TPSA) is 73.3 Å². The highest BCUT2D eigenvalue weighted by molar-refractivity contribution is 5.72. The lowest BCUT2D eigenvalue weighted by atomic mass is 9.86. The molecule has 106 valence electrons. The zero-order valence-electron chi connectivity index (χ0n) is 11.6. The molecule has 0 bridgehead atoms. The van der Waals surface area contributed by atoms with Gasteiger partial charge in [0.25, 0.3) is 0 Å². The van der Waals surface area contributed by atoms with E-state index in [1.807, 2.05) is 6.07 Å². The summed E-state index contributed by atoms with van der Waals surface area (Å²) in [6.07, 6.45) is 4.01. The van der Waals surface area contributed by atoms with Crippen molar-refractivity contribution in [2.45, 2.75) is 38.3 Å². The third kappa shape index (κ3) is 4.65. The predicted octanol–water partition coefficient (Wildman–Crippen LogP) is 2.67. The van der Waals surface area contributed by atoms with Crippen molar-refractivity contribution in [1.82, 2.24) is 11.5 Å². The summed E-state index contributed by atoms with van der Waals surface area (Å²) in [6.45, 7) is 0.911. The number of carbonyl (C=O) groups excluding carboxylic acids is 1. The molecule has 0 aliphatic heterocycles. The zero-order valence-corrected chi connectivity index (χ0v) is 11.6. The highest BCUT2D eigenvalue weighted by Crippen LogP contribution is 2.25. The summed E-state index contributed by atoms with van der Waals surface area (Å²) in [6, 6.07) is 11.0. The third-order valence-electron chi connectivity index (χ3n) is 3.70. The fourth-order valence-electron chi connectivity index (χ4n) is 2.56. The SMILES string of the molecule is COC(=O)C1CCC(NCc2ccccc2)CC1.N. The largest absolute Gasteiger partial charge is 0.469 e. The predicted molar refractivity (Wildman–Crippen MR) is 76.1 cm³/mol. The van der Waals surface area contributed by atoms with Crippen LogP contribution < -0.4 is 11.5 Å². The first-order valence-corrected chi connectivity index (χ1v) is 6.64. The summed E-state index contributed by atoms with van der Waals surface area (Å²) in [5, 5.41) is 3.56. The van der Waals surface area contributed by atoms with Crippen molar-refractivity contribution < 1.29 is 9.53 Å². The van der Waals surface area contributed by atoms with Gasteiger partial charge < -0.3 is 16.2 Å². The van der Waals surface area contributed by atoms with Crippen molar-refractivity contribution in [1.29, 1.82) is 0 Å². The summed E-state index contributed by atoms with van der Waals surface area (Å²) in [7, 11) is 1.47. The molecule has 0 saturated heterocycles. The summed E-state index contributed by atoms with van der Waals surface area (Å²) < 4.78 is 4.79. The quantitative estimate of drug-likeness (QED) is 0.820. The minimum Gasteiger partial charge on any atom is -0.469 e. The van der Waals surface area contributed by atoms with Crippen LogP contribution in [0.25, 0.3) is 0 Å². The van der Waals surface area contributed by atoms with Crippen molar-refractivity contribution >= 4 is 5.97 Å². The van der Waals surface area contributed by atoms with Crippen LogP contribution in [0.15, 0.2) is 30.3 Å². The van der Waals surface area contributed by atoms with E-state index in [0.717, 1.165) is 32.2 Å². The van der Waals surface area contributed by atoms with E-state index in [-0.39, 0.29) is 18.0 Å². The van der Waals surface area contributed by atoms with E-state index in [1.54, 1.807) is 0 Å². The van der Waals surface area contributed by atoms with Gasteiger partial charge in [0.05, 0.1) is 13.0 Å². The van der Waals surface area contributed by atoms with E-state index in [1.165, 1.54) is 12.7 Å². The Bertz CT molecular complexity index is 373. The number of methoxy groups -OCH3 is 1. The highest BCUT2D eigenvalue weighted by atomic mass is 16.5. The van der Waals surface area contributed by atoms with Gasteiger partial charge in [-0.3, -0.25) is 4.79 Å². The maximum atomic E-state index is 11.4. The van der Waals surface area contributed by atoms with Gasteiger partial charge in [-0.15, -0.1) is 0 Å². The zero-order chi connectivity index (χ0) is 12.8. The second kappa shape index (κ2) is 7.92. The molecule has 4 N–H and O–H groups in total. The van der Waals surface area contributed by atoms with Crippen LogP contribution in [-0.4, -0.2) is 19.1 Å². The molecule has 1 fully saturated rings. The molecular weight excluding hydrogens is 240 g/mol. The van der Waals surface area contributed by atoms with Gasteiger partial charge in [-0.25, -0.2) is 0 Å². The van der Waals surface area contributed by atoms with Gasteiger partial charge in [-0.1, -0.05) is 30.3 Å². The average molecular weight is 264 g/mol. The summed E-state index contributed by atoms with van der Waals surface area (Å²) >= 11 is 0. The van der Waals surface area contributed by atoms with Gasteiger partial charge in [0.2, 0.25) is 0 Å². The monoisotopic (exact) mass is 264 g/mol. The van der Waals surface area contributed by atoms with Crippen molar-refractivity contribution in [2.75, 3.05) is 7.11 Å². The number of benzene rings is 1. The smallest absolute Gasteiger partial charge is 0.308 e. The molecule has 0 heterocycles.